The molecular weight excluding hydrogens is 701 g/mol. The van der Waals surface area contributed by atoms with Crippen LogP contribution in [0.1, 0.15) is 65.3 Å². The summed E-state index contributed by atoms with van der Waals surface area (Å²) in [6.45, 7) is 6.10. The minimum Gasteiger partial charge on any atom is -0.494 e. The van der Waals surface area contributed by atoms with Crippen molar-refractivity contribution in [1.82, 2.24) is 25.9 Å². The van der Waals surface area contributed by atoms with E-state index in [2.05, 4.69) is 38.2 Å². The standard InChI is InChI=1S/C41H48N8O6/c1-4-5-6-16-55-30-12-10-28(11-13-30)39-45-22-32(25(3)46-39)40(53)48-33(14-15-42)41(54)49-37-24(2)17-27-19-31(37)29-9-7-8-26(18-29)21-35(50)44-23-36(51)47-34(20-27)38(43)52/h7-13,17-19,22,33-34H,4-6,14-16,20-21,23,42H2,1-3H3,(H2,43,52)(H,44,50)(H,47,51)(H,48,53)(H,49,54)/t33-,34?/m0/s1. The van der Waals surface area contributed by atoms with Crippen LogP contribution in [0.4, 0.5) is 5.69 Å². The van der Waals surface area contributed by atoms with Crippen LogP contribution in [0.2, 0.25) is 0 Å². The van der Waals surface area contributed by atoms with Gasteiger partial charge in [-0.2, -0.15) is 0 Å². The van der Waals surface area contributed by atoms with E-state index >= 15 is 0 Å². The van der Waals surface area contributed by atoms with Crippen LogP contribution in [0.25, 0.3) is 22.5 Å². The largest absolute Gasteiger partial charge is 0.494 e. The van der Waals surface area contributed by atoms with Crippen molar-refractivity contribution in [2.75, 3.05) is 25.0 Å². The van der Waals surface area contributed by atoms with Crippen LogP contribution >= 0.6 is 0 Å². The smallest absolute Gasteiger partial charge is 0.255 e. The van der Waals surface area contributed by atoms with Crippen molar-refractivity contribution in [3.63, 3.8) is 0 Å². The zero-order valence-electron chi connectivity index (χ0n) is 31.4. The second-order valence-electron chi connectivity index (χ2n) is 13.6. The number of primary amides is 1. The Bertz CT molecular complexity index is 2050. The third-order valence-corrected chi connectivity index (χ3v) is 9.24. The lowest BCUT2D eigenvalue weighted by Crippen LogP contribution is -2.49. The fraction of sp³-hybridized carbons (Fsp3) is 0.341. The number of rotatable bonds is 13. The number of carbonyl (C=O) groups excluding carboxylic acids is 5. The molecule has 1 aliphatic heterocycles. The van der Waals surface area contributed by atoms with Gasteiger partial charge in [0.2, 0.25) is 23.6 Å². The fourth-order valence-corrected chi connectivity index (χ4v) is 6.31. The van der Waals surface area contributed by atoms with E-state index in [1.165, 1.54) is 6.20 Å². The minimum absolute atomic E-state index is 0.00409. The predicted octanol–water partition coefficient (Wildman–Crippen LogP) is 3.27. The molecule has 14 nitrogen and oxygen atoms in total. The Morgan fingerprint density at radius 1 is 0.982 bits per heavy atom. The van der Waals surface area contributed by atoms with Gasteiger partial charge in [-0.15, -0.1) is 0 Å². The molecule has 0 spiro atoms. The van der Waals surface area contributed by atoms with Crippen molar-refractivity contribution in [2.45, 2.75) is 71.4 Å². The molecule has 8 N–H and O–H groups in total. The van der Waals surface area contributed by atoms with Crippen molar-refractivity contribution >= 4 is 35.2 Å². The molecule has 0 fully saturated rings. The molecule has 0 radical (unpaired) electrons. The van der Waals surface area contributed by atoms with Crippen molar-refractivity contribution in [3.05, 3.63) is 94.8 Å². The van der Waals surface area contributed by atoms with E-state index in [-0.39, 0.29) is 43.8 Å². The van der Waals surface area contributed by atoms with Crippen LogP contribution < -0.4 is 37.5 Å². The molecule has 1 aliphatic rings. The van der Waals surface area contributed by atoms with E-state index in [0.29, 0.717) is 51.6 Å². The Morgan fingerprint density at radius 3 is 2.47 bits per heavy atom. The van der Waals surface area contributed by atoms with E-state index in [4.69, 9.17) is 16.2 Å². The van der Waals surface area contributed by atoms with Gasteiger partial charge in [-0.1, -0.05) is 50.1 Å². The number of hydrogen-bond acceptors (Lipinski definition) is 9. The zero-order chi connectivity index (χ0) is 39.5. The highest BCUT2D eigenvalue weighted by Gasteiger charge is 2.26. The lowest BCUT2D eigenvalue weighted by atomic mass is 9.93. The first kappa shape index (κ1) is 40.0. The molecule has 3 aromatic carbocycles. The molecule has 0 saturated carbocycles. The fourth-order valence-electron chi connectivity index (χ4n) is 6.31. The highest BCUT2D eigenvalue weighted by atomic mass is 16.5. The molecule has 14 heteroatoms. The van der Waals surface area contributed by atoms with Gasteiger partial charge in [0.25, 0.3) is 5.91 Å². The Morgan fingerprint density at radius 2 is 1.76 bits per heavy atom. The van der Waals surface area contributed by atoms with Crippen LogP contribution in [-0.2, 0) is 32.0 Å². The van der Waals surface area contributed by atoms with Crippen LogP contribution in [0.3, 0.4) is 0 Å². The van der Waals surface area contributed by atoms with Gasteiger partial charge in [0.15, 0.2) is 5.82 Å². The van der Waals surface area contributed by atoms with Gasteiger partial charge in [-0.05, 0) is 85.8 Å². The van der Waals surface area contributed by atoms with E-state index in [0.717, 1.165) is 30.6 Å². The number of hydrogen-bond donors (Lipinski definition) is 6. The summed E-state index contributed by atoms with van der Waals surface area (Å²) in [6, 6.07) is 16.3. The summed E-state index contributed by atoms with van der Waals surface area (Å²) in [7, 11) is 0. The summed E-state index contributed by atoms with van der Waals surface area (Å²) in [5.74, 6) is -1.51. The molecule has 5 amide bonds. The van der Waals surface area contributed by atoms with Crippen molar-refractivity contribution in [1.29, 1.82) is 0 Å². The molecule has 2 atom stereocenters. The van der Waals surface area contributed by atoms with Crippen molar-refractivity contribution < 1.29 is 28.7 Å². The first-order valence-electron chi connectivity index (χ1n) is 18.4. The summed E-state index contributed by atoms with van der Waals surface area (Å²) in [4.78, 5) is 74.1. The van der Waals surface area contributed by atoms with E-state index < -0.39 is 35.7 Å². The maximum absolute atomic E-state index is 14.0. The van der Waals surface area contributed by atoms with Crippen LogP contribution in [0, 0.1) is 13.8 Å². The van der Waals surface area contributed by atoms with Crippen LogP contribution in [0.15, 0.2) is 66.9 Å². The number of anilines is 1. The first-order valence-corrected chi connectivity index (χ1v) is 18.4. The lowest BCUT2D eigenvalue weighted by molar-refractivity contribution is -0.128. The molecule has 1 unspecified atom stereocenters. The Labute approximate surface area is 320 Å². The summed E-state index contributed by atoms with van der Waals surface area (Å²) >= 11 is 0. The third-order valence-electron chi connectivity index (χ3n) is 9.24. The van der Waals surface area contributed by atoms with Gasteiger partial charge in [0.1, 0.15) is 17.8 Å². The topological polar surface area (TPSA) is 221 Å². The maximum Gasteiger partial charge on any atom is 0.255 e. The summed E-state index contributed by atoms with van der Waals surface area (Å²) in [5, 5.41) is 11.0. The highest BCUT2D eigenvalue weighted by Crippen LogP contribution is 2.34. The highest BCUT2D eigenvalue weighted by molar-refractivity contribution is 6.04. The SMILES string of the molecule is CCCCCOc1ccc(-c2ncc(C(=O)N[C@@H](CCN)C(=O)Nc3c(C)cc4cc3-c3cccc(c3)CC(=O)NCC(=O)NC(C(N)=O)C4)c(C)n2)cc1. The number of ether oxygens (including phenoxy) is 1. The van der Waals surface area contributed by atoms with Crippen molar-refractivity contribution in [2.24, 2.45) is 11.5 Å². The Kier molecular flexibility index (Phi) is 13.6. The monoisotopic (exact) mass is 748 g/mol. The Balaban J connectivity index is 1.38. The first-order chi connectivity index (χ1) is 26.4. The zero-order valence-corrected chi connectivity index (χ0v) is 31.4. The lowest BCUT2D eigenvalue weighted by Gasteiger charge is -2.23. The molecule has 0 aliphatic carbocycles. The molecule has 4 bridgehead atoms. The quantitative estimate of drug-likeness (QED) is 0.110. The summed E-state index contributed by atoms with van der Waals surface area (Å²) in [6.07, 6.45) is 4.87. The second-order valence-corrected chi connectivity index (χ2v) is 13.6. The Hall–Kier alpha value is -6.15. The molecule has 2 heterocycles. The molecule has 1 aromatic heterocycles. The maximum atomic E-state index is 14.0. The third kappa shape index (κ3) is 10.7. The number of carbonyl (C=O) groups is 5. The number of nitrogens with two attached hydrogens (primary N) is 2. The molecule has 5 rings (SSSR count). The number of benzene rings is 3. The second kappa shape index (κ2) is 18.7. The number of nitrogens with zero attached hydrogens (tertiary/aromatic N) is 2. The van der Waals surface area contributed by atoms with E-state index in [1.807, 2.05) is 42.5 Å². The van der Waals surface area contributed by atoms with Gasteiger partial charge < -0.3 is 37.5 Å². The number of fused-ring (bicyclic) bond motifs is 5. The van der Waals surface area contributed by atoms with Gasteiger partial charge in [0, 0.05) is 23.7 Å². The minimum atomic E-state index is -1.04. The predicted molar refractivity (Wildman–Crippen MR) is 209 cm³/mol. The van der Waals surface area contributed by atoms with Crippen LogP contribution in [0.5, 0.6) is 5.75 Å². The van der Waals surface area contributed by atoms with Gasteiger partial charge in [-0.25, -0.2) is 9.97 Å². The van der Waals surface area contributed by atoms with Gasteiger partial charge >= 0.3 is 0 Å². The van der Waals surface area contributed by atoms with E-state index in [1.54, 1.807) is 32.0 Å². The summed E-state index contributed by atoms with van der Waals surface area (Å²) < 4.78 is 5.80. The van der Waals surface area contributed by atoms with E-state index in [9.17, 15) is 24.0 Å². The van der Waals surface area contributed by atoms with Gasteiger partial charge in [0.05, 0.1) is 36.5 Å². The average molecular weight is 749 g/mol. The number of aryl methyl sites for hydroxylation is 2. The normalized spacial score (nSPS) is 14.8. The number of nitrogens with one attached hydrogen (secondary N) is 4. The van der Waals surface area contributed by atoms with Crippen LogP contribution in [-0.4, -0.2) is 71.3 Å². The van der Waals surface area contributed by atoms with Gasteiger partial charge in [-0.3, -0.25) is 24.0 Å². The average Bonchev–Trinajstić information content (AvgIpc) is 3.16. The molecular formula is C41H48N8O6. The number of amides is 5. The molecule has 0 saturated heterocycles. The molecule has 55 heavy (non-hydrogen) atoms. The number of unbranched alkanes of at least 4 members (excludes halogenated alkanes) is 2. The molecule has 288 valence electrons. The number of aromatic nitrogens is 2. The van der Waals surface area contributed by atoms with Crippen molar-refractivity contribution in [3.8, 4) is 28.3 Å². The molecule has 4 aromatic rings. The summed E-state index contributed by atoms with van der Waals surface area (Å²) in [5.41, 5.74) is 16.7.